The molecule has 0 saturated heterocycles. The van der Waals surface area contributed by atoms with Gasteiger partial charge in [-0.2, -0.15) is 9.98 Å². The first-order chi connectivity index (χ1) is 9.13. The van der Waals surface area contributed by atoms with E-state index < -0.39 is 0 Å². The smallest absolute Gasteiger partial charge is 0.253 e. The summed E-state index contributed by atoms with van der Waals surface area (Å²) in [7, 11) is 1.60. The fourth-order valence-electron chi connectivity index (χ4n) is 2.05. The molecule has 0 saturated carbocycles. The molecule has 2 aliphatic heterocycles. The number of aliphatic imine (C=N–C) groups is 2. The Labute approximate surface area is 115 Å². The van der Waals surface area contributed by atoms with Gasteiger partial charge in [0.15, 0.2) is 0 Å². The lowest BCUT2D eigenvalue weighted by Gasteiger charge is -2.36. The number of nitrogens with zero attached hydrogens (tertiary/aromatic N) is 3. The van der Waals surface area contributed by atoms with Crippen LogP contribution in [0, 0.1) is 0 Å². The van der Waals surface area contributed by atoms with Crippen LogP contribution in [0.25, 0.3) is 0 Å². The highest BCUT2D eigenvalue weighted by Crippen LogP contribution is 2.34. The van der Waals surface area contributed by atoms with Crippen molar-refractivity contribution in [2.45, 2.75) is 6.92 Å². The molecular weight excluding hydrogens is 264 g/mol. The van der Waals surface area contributed by atoms with Crippen LogP contribution in [0.1, 0.15) is 17.3 Å². The molecule has 1 amide bonds. The van der Waals surface area contributed by atoms with Crippen LogP contribution in [0.5, 0.6) is 0 Å². The quantitative estimate of drug-likeness (QED) is 0.840. The van der Waals surface area contributed by atoms with Crippen LogP contribution in [0.15, 0.2) is 45.0 Å². The maximum Gasteiger partial charge on any atom is 0.253 e. The van der Waals surface area contributed by atoms with Gasteiger partial charge >= 0.3 is 0 Å². The molecule has 96 valence electrons. The summed E-state index contributed by atoms with van der Waals surface area (Å²) >= 11 is 5.98. The van der Waals surface area contributed by atoms with Crippen molar-refractivity contribution in [1.82, 2.24) is 5.32 Å². The Morgan fingerprint density at radius 2 is 2.05 bits per heavy atom. The predicted octanol–water partition coefficient (Wildman–Crippen LogP) is 2.10. The highest BCUT2D eigenvalue weighted by Gasteiger charge is 2.36. The molecule has 19 heavy (non-hydrogen) atoms. The third-order valence-electron chi connectivity index (χ3n) is 3.08. The van der Waals surface area contributed by atoms with Crippen molar-refractivity contribution < 1.29 is 4.79 Å². The lowest BCUT2D eigenvalue weighted by atomic mass is 10.1. The second-order valence-corrected chi connectivity index (χ2v) is 4.55. The van der Waals surface area contributed by atoms with E-state index in [-0.39, 0.29) is 5.91 Å². The summed E-state index contributed by atoms with van der Waals surface area (Å²) in [5.41, 5.74) is 2.15. The minimum atomic E-state index is -0.144. The van der Waals surface area contributed by atoms with Gasteiger partial charge in [0.25, 0.3) is 5.91 Å². The Morgan fingerprint density at radius 3 is 2.74 bits per heavy atom. The summed E-state index contributed by atoms with van der Waals surface area (Å²) in [6.07, 6.45) is 0. The van der Waals surface area contributed by atoms with Crippen molar-refractivity contribution in [3.8, 4) is 0 Å². The fourth-order valence-corrected chi connectivity index (χ4v) is 2.21. The molecule has 1 aromatic carbocycles. The van der Waals surface area contributed by atoms with E-state index in [0.29, 0.717) is 16.7 Å². The van der Waals surface area contributed by atoms with E-state index in [1.807, 2.05) is 30.0 Å². The number of amidine groups is 1. The molecule has 2 heterocycles. The molecule has 0 aliphatic carbocycles. The van der Waals surface area contributed by atoms with E-state index in [1.165, 1.54) is 0 Å². The number of para-hydroxylation sites is 1. The maximum atomic E-state index is 11.9. The largest absolute Gasteiger partial charge is 0.355 e. The molecule has 1 aromatic rings. The zero-order valence-electron chi connectivity index (χ0n) is 10.4. The Hall–Kier alpha value is -2.14. The van der Waals surface area contributed by atoms with Crippen LogP contribution < -0.4 is 10.2 Å². The number of rotatable bonds is 2. The Kier molecular flexibility index (Phi) is 2.64. The van der Waals surface area contributed by atoms with E-state index >= 15 is 0 Å². The molecule has 6 heteroatoms. The number of anilines is 1. The van der Waals surface area contributed by atoms with Gasteiger partial charge < -0.3 is 5.32 Å². The Morgan fingerprint density at radius 1 is 1.32 bits per heavy atom. The monoisotopic (exact) mass is 274 g/mol. The molecule has 0 fully saturated rings. The van der Waals surface area contributed by atoms with Crippen LogP contribution >= 0.6 is 11.6 Å². The molecular formula is C13H11ClN4O. The van der Waals surface area contributed by atoms with Crippen LogP contribution in [-0.4, -0.2) is 24.8 Å². The number of carbonyl (C=O) groups excluding carboxylic acids is 1. The van der Waals surface area contributed by atoms with Gasteiger partial charge in [0.2, 0.25) is 5.96 Å². The molecule has 2 aliphatic rings. The average molecular weight is 275 g/mol. The first-order valence-corrected chi connectivity index (χ1v) is 6.16. The first kappa shape index (κ1) is 11.9. The van der Waals surface area contributed by atoms with Crippen LogP contribution in [0.4, 0.5) is 5.69 Å². The van der Waals surface area contributed by atoms with Crippen molar-refractivity contribution in [1.29, 1.82) is 0 Å². The number of hydrogen-bond acceptors (Lipinski definition) is 4. The highest BCUT2D eigenvalue weighted by atomic mass is 35.5. The van der Waals surface area contributed by atoms with Crippen molar-refractivity contribution >= 4 is 35.0 Å². The van der Waals surface area contributed by atoms with E-state index in [4.69, 9.17) is 11.6 Å². The fraction of sp³-hybridized carbons (Fsp3) is 0.154. The summed E-state index contributed by atoms with van der Waals surface area (Å²) in [6, 6.07) is 7.33. The third-order valence-corrected chi connectivity index (χ3v) is 3.45. The number of amides is 1. The highest BCUT2D eigenvalue weighted by molar-refractivity contribution is 6.43. The molecule has 1 N–H and O–H groups in total. The zero-order valence-corrected chi connectivity index (χ0v) is 11.2. The van der Waals surface area contributed by atoms with Crippen LogP contribution in [-0.2, 0) is 0 Å². The van der Waals surface area contributed by atoms with E-state index in [2.05, 4.69) is 15.3 Å². The van der Waals surface area contributed by atoms with Gasteiger partial charge in [-0.25, -0.2) is 0 Å². The summed E-state index contributed by atoms with van der Waals surface area (Å²) in [5, 5.41) is 3.08. The van der Waals surface area contributed by atoms with Crippen LogP contribution in [0.3, 0.4) is 0 Å². The maximum absolute atomic E-state index is 11.9. The third kappa shape index (κ3) is 1.66. The van der Waals surface area contributed by atoms with Crippen molar-refractivity contribution in [2.24, 2.45) is 9.98 Å². The number of halogens is 1. The first-order valence-electron chi connectivity index (χ1n) is 5.79. The Bertz CT molecular complexity index is 675. The molecule has 0 atom stereocenters. The number of nitrogens with one attached hydrogen (secondary N) is 1. The Balaban J connectivity index is 2.06. The SMILES string of the molecule is CNC(=O)c1ccccc1N1c2nc(Cl)c(C)c1n2. The molecule has 0 spiro atoms. The van der Waals surface area contributed by atoms with E-state index in [9.17, 15) is 4.79 Å². The van der Waals surface area contributed by atoms with Gasteiger partial charge in [-0.15, -0.1) is 0 Å². The lowest BCUT2D eigenvalue weighted by Crippen LogP contribution is -2.49. The summed E-state index contributed by atoms with van der Waals surface area (Å²) in [4.78, 5) is 22.2. The van der Waals surface area contributed by atoms with Gasteiger partial charge in [0.1, 0.15) is 11.0 Å². The van der Waals surface area contributed by atoms with Gasteiger partial charge in [-0.3, -0.25) is 9.69 Å². The van der Waals surface area contributed by atoms with Crippen molar-refractivity contribution in [3.05, 3.63) is 40.6 Å². The second-order valence-electron chi connectivity index (χ2n) is 4.19. The molecule has 2 bridgehead atoms. The molecule has 3 rings (SSSR count). The summed E-state index contributed by atoms with van der Waals surface area (Å²) < 4.78 is 0. The van der Waals surface area contributed by atoms with Gasteiger partial charge in [-0.1, -0.05) is 23.7 Å². The number of carbonyl (C=O) groups is 1. The molecule has 0 aromatic heterocycles. The summed E-state index contributed by atoms with van der Waals surface area (Å²) in [6.45, 7) is 1.86. The van der Waals surface area contributed by atoms with Crippen molar-refractivity contribution in [2.75, 3.05) is 11.9 Å². The van der Waals surface area contributed by atoms with Crippen molar-refractivity contribution in [3.63, 3.8) is 0 Å². The zero-order chi connectivity index (χ0) is 13.6. The topological polar surface area (TPSA) is 57.1 Å². The second kappa shape index (κ2) is 4.20. The van der Waals surface area contributed by atoms with E-state index in [1.54, 1.807) is 13.1 Å². The number of benzene rings is 1. The molecule has 0 unspecified atom stereocenters. The molecule has 0 radical (unpaired) electrons. The number of fused-ring (bicyclic) bond motifs is 2. The molecule has 5 nitrogen and oxygen atoms in total. The number of hydrogen-bond donors (Lipinski definition) is 1. The van der Waals surface area contributed by atoms with E-state index in [0.717, 1.165) is 17.1 Å². The van der Waals surface area contributed by atoms with Gasteiger partial charge in [0.05, 0.1) is 11.3 Å². The minimum absolute atomic E-state index is 0.144. The summed E-state index contributed by atoms with van der Waals surface area (Å²) in [5.74, 6) is 1.11. The van der Waals surface area contributed by atoms with Gasteiger partial charge in [0, 0.05) is 12.6 Å². The van der Waals surface area contributed by atoms with Gasteiger partial charge in [-0.05, 0) is 19.1 Å². The predicted molar refractivity (Wildman–Crippen MR) is 75.7 cm³/mol. The lowest BCUT2D eigenvalue weighted by molar-refractivity contribution is 0.0964. The van der Waals surface area contributed by atoms with Crippen LogP contribution in [0.2, 0.25) is 0 Å². The normalized spacial score (nSPS) is 16.7. The minimum Gasteiger partial charge on any atom is -0.355 e. The standard InChI is InChI=1S/C13H11ClN4O/c1-7-10(14)16-13-17-11(7)18(13)9-6-4-3-5-8(9)12(19)15-2/h3-6H,1-2H3,(H,15,19). The number of guanidine groups is 1. The average Bonchev–Trinajstić information content (AvgIpc) is 2.40.